The number of hydrogen-bond acceptors (Lipinski definition) is 6. The van der Waals surface area contributed by atoms with E-state index in [1.165, 1.54) is 6.92 Å². The van der Waals surface area contributed by atoms with Gasteiger partial charge in [-0.15, -0.1) is 0 Å². The van der Waals surface area contributed by atoms with Crippen LogP contribution in [0, 0.1) is 22.7 Å². The fraction of sp³-hybridized carbons (Fsp3) is 0.385. The van der Waals surface area contributed by atoms with Gasteiger partial charge in [0.1, 0.15) is 28.2 Å². The Balaban J connectivity index is 3.53. The van der Waals surface area contributed by atoms with E-state index in [1.807, 2.05) is 26.0 Å². The van der Waals surface area contributed by atoms with Crippen LogP contribution in [0.3, 0.4) is 0 Å². The Morgan fingerprint density at radius 1 is 1.30 bits per heavy atom. The number of nitrogens with zero attached hydrogens (tertiary/aromatic N) is 3. The Labute approximate surface area is 121 Å². The van der Waals surface area contributed by atoms with Crippen molar-refractivity contribution in [1.29, 1.82) is 10.5 Å². The first-order chi connectivity index (χ1) is 9.33. The maximum atomic E-state index is 10.9. The molecule has 6 nitrogen and oxygen atoms in total. The van der Waals surface area contributed by atoms with Crippen LogP contribution < -0.4 is 5.73 Å². The van der Waals surface area contributed by atoms with Crippen molar-refractivity contribution in [2.24, 2.45) is 0 Å². The molecule has 0 bridgehead atoms. The first-order valence-electron chi connectivity index (χ1n) is 5.86. The molecule has 1 unspecified atom stereocenters. The second-order valence-electron chi connectivity index (χ2n) is 4.44. The maximum Gasteiger partial charge on any atom is 0.316 e. The highest BCUT2D eigenvalue weighted by atomic mass is 32.2. The Hall–Kier alpha value is -2.25. The van der Waals surface area contributed by atoms with Gasteiger partial charge in [0.25, 0.3) is 0 Å². The highest BCUT2D eigenvalue weighted by Crippen LogP contribution is 2.34. The molecule has 0 aromatic carbocycles. The Morgan fingerprint density at radius 2 is 1.85 bits per heavy atom. The monoisotopic (exact) mass is 290 g/mol. The van der Waals surface area contributed by atoms with Crippen LogP contribution in [0.2, 0.25) is 0 Å². The average Bonchev–Trinajstić information content (AvgIpc) is 2.37. The minimum absolute atomic E-state index is 0.0234. The summed E-state index contributed by atoms with van der Waals surface area (Å²) in [6, 6.07) is 3.97. The van der Waals surface area contributed by atoms with Gasteiger partial charge < -0.3 is 10.8 Å². The Kier molecular flexibility index (Phi) is 4.95. The van der Waals surface area contributed by atoms with Gasteiger partial charge in [-0.25, -0.2) is 4.98 Å². The molecule has 1 heterocycles. The van der Waals surface area contributed by atoms with Crippen LogP contribution in [-0.4, -0.2) is 21.3 Å². The van der Waals surface area contributed by atoms with Crippen LogP contribution in [-0.2, 0) is 4.79 Å². The number of carboxylic acid groups (broad SMARTS) is 1. The molecule has 7 heteroatoms. The zero-order valence-corrected chi connectivity index (χ0v) is 12.2. The number of aliphatic carboxylic acids is 1. The first kappa shape index (κ1) is 15.8. The third kappa shape index (κ3) is 3.01. The van der Waals surface area contributed by atoms with Gasteiger partial charge in [-0.2, -0.15) is 10.5 Å². The SMILES string of the molecule is CC(Sc1nc(N)c(C#N)c(C(C)C)c1C#N)C(=O)O. The molecule has 3 N–H and O–H groups in total. The fourth-order valence-corrected chi connectivity index (χ4v) is 2.57. The summed E-state index contributed by atoms with van der Waals surface area (Å²) in [6.45, 7) is 5.18. The summed E-state index contributed by atoms with van der Waals surface area (Å²) in [7, 11) is 0. The molecule has 0 amide bonds. The number of carbonyl (C=O) groups is 1. The van der Waals surface area contributed by atoms with Crippen molar-refractivity contribution in [3.63, 3.8) is 0 Å². The average molecular weight is 290 g/mol. The largest absolute Gasteiger partial charge is 0.480 e. The molecule has 0 radical (unpaired) electrons. The van der Waals surface area contributed by atoms with E-state index in [1.54, 1.807) is 0 Å². The van der Waals surface area contributed by atoms with Gasteiger partial charge in [-0.3, -0.25) is 4.79 Å². The predicted octanol–water partition coefficient (Wildman–Crippen LogP) is 2.10. The zero-order valence-electron chi connectivity index (χ0n) is 11.3. The Bertz CT molecular complexity index is 629. The first-order valence-corrected chi connectivity index (χ1v) is 6.74. The van der Waals surface area contributed by atoms with E-state index in [2.05, 4.69) is 4.98 Å². The quantitative estimate of drug-likeness (QED) is 0.813. The number of anilines is 1. The van der Waals surface area contributed by atoms with Gasteiger partial charge in [-0.1, -0.05) is 25.6 Å². The summed E-state index contributed by atoms with van der Waals surface area (Å²) >= 11 is 0.945. The highest BCUT2D eigenvalue weighted by Gasteiger charge is 2.23. The van der Waals surface area contributed by atoms with Crippen LogP contribution >= 0.6 is 11.8 Å². The van der Waals surface area contributed by atoms with E-state index in [9.17, 15) is 10.1 Å². The van der Waals surface area contributed by atoms with Crippen molar-refractivity contribution in [3.05, 3.63) is 16.7 Å². The Morgan fingerprint density at radius 3 is 2.25 bits per heavy atom. The summed E-state index contributed by atoms with van der Waals surface area (Å²) in [5.41, 5.74) is 6.67. The number of nitrogens with two attached hydrogens (primary N) is 1. The molecule has 1 atom stereocenters. The summed E-state index contributed by atoms with van der Waals surface area (Å²) in [6.07, 6.45) is 0. The lowest BCUT2D eigenvalue weighted by Crippen LogP contribution is -2.14. The molecule has 0 fully saturated rings. The van der Waals surface area contributed by atoms with Crippen LogP contribution in [0.5, 0.6) is 0 Å². The molecule has 104 valence electrons. The molecule has 0 spiro atoms. The predicted molar refractivity (Wildman–Crippen MR) is 75.1 cm³/mol. The number of rotatable bonds is 4. The lowest BCUT2D eigenvalue weighted by molar-refractivity contribution is -0.136. The van der Waals surface area contributed by atoms with Crippen molar-refractivity contribution in [2.45, 2.75) is 37.0 Å². The minimum atomic E-state index is -1.00. The molecule has 1 aromatic heterocycles. The second-order valence-corrected chi connectivity index (χ2v) is 5.77. The van der Waals surface area contributed by atoms with E-state index >= 15 is 0 Å². The van der Waals surface area contributed by atoms with Gasteiger partial charge in [0, 0.05) is 0 Å². The number of nitriles is 2. The topological polar surface area (TPSA) is 124 Å². The molecule has 0 saturated carbocycles. The summed E-state index contributed by atoms with van der Waals surface area (Å²) in [5, 5.41) is 26.9. The van der Waals surface area contributed by atoms with Gasteiger partial charge in [0.15, 0.2) is 0 Å². The van der Waals surface area contributed by atoms with E-state index in [0.29, 0.717) is 5.56 Å². The molecule has 1 rings (SSSR count). The number of hydrogen-bond donors (Lipinski definition) is 2. The van der Waals surface area contributed by atoms with E-state index in [-0.39, 0.29) is 27.9 Å². The van der Waals surface area contributed by atoms with Crippen LogP contribution in [0.25, 0.3) is 0 Å². The molecule has 1 aromatic rings. The van der Waals surface area contributed by atoms with Crippen molar-refractivity contribution < 1.29 is 9.90 Å². The van der Waals surface area contributed by atoms with Crippen LogP contribution in [0.15, 0.2) is 5.03 Å². The molecule has 0 aliphatic heterocycles. The van der Waals surface area contributed by atoms with Gasteiger partial charge in [0.05, 0.1) is 11.1 Å². The maximum absolute atomic E-state index is 10.9. The molecule has 0 aliphatic rings. The second kappa shape index (κ2) is 6.27. The standard InChI is InChI=1S/C13H14N4O2S/c1-6(2)10-8(4-14)11(16)17-12(9(10)5-15)20-7(3)13(18)19/h6-7H,1-3H3,(H2,16,17)(H,18,19). The van der Waals surface area contributed by atoms with Crippen LogP contribution in [0.1, 0.15) is 43.4 Å². The highest BCUT2D eigenvalue weighted by molar-refractivity contribution is 8.00. The number of pyridine rings is 1. The zero-order chi connectivity index (χ0) is 15.4. The summed E-state index contributed by atoms with van der Waals surface area (Å²) < 4.78 is 0. The molecule has 20 heavy (non-hydrogen) atoms. The van der Waals surface area contributed by atoms with Gasteiger partial charge >= 0.3 is 5.97 Å². The molecule has 0 saturated heterocycles. The van der Waals surface area contributed by atoms with E-state index in [4.69, 9.17) is 16.1 Å². The van der Waals surface area contributed by atoms with E-state index in [0.717, 1.165) is 11.8 Å². The fourth-order valence-electron chi connectivity index (χ4n) is 1.71. The lowest BCUT2D eigenvalue weighted by atomic mass is 9.94. The van der Waals surface area contributed by atoms with Crippen molar-refractivity contribution in [1.82, 2.24) is 4.98 Å². The molecule has 0 aliphatic carbocycles. The smallest absolute Gasteiger partial charge is 0.316 e. The number of nitrogen functional groups attached to an aromatic ring is 1. The third-order valence-electron chi connectivity index (χ3n) is 2.67. The van der Waals surface area contributed by atoms with Crippen molar-refractivity contribution in [2.75, 3.05) is 5.73 Å². The summed E-state index contributed by atoms with van der Waals surface area (Å²) in [4.78, 5) is 14.9. The van der Waals surface area contributed by atoms with Crippen LogP contribution in [0.4, 0.5) is 5.82 Å². The normalized spacial score (nSPS) is 11.7. The minimum Gasteiger partial charge on any atom is -0.480 e. The molecular weight excluding hydrogens is 276 g/mol. The van der Waals surface area contributed by atoms with E-state index < -0.39 is 11.2 Å². The lowest BCUT2D eigenvalue weighted by Gasteiger charge is -2.16. The summed E-state index contributed by atoms with van der Waals surface area (Å²) in [5.74, 6) is -1.07. The van der Waals surface area contributed by atoms with Crippen molar-refractivity contribution >= 4 is 23.5 Å². The molecular formula is C13H14N4O2S. The van der Waals surface area contributed by atoms with Crippen molar-refractivity contribution in [3.8, 4) is 12.1 Å². The number of carboxylic acids is 1. The number of thioether (sulfide) groups is 1. The third-order valence-corrected chi connectivity index (χ3v) is 3.74. The van der Waals surface area contributed by atoms with Gasteiger partial charge in [0.2, 0.25) is 0 Å². The number of aromatic nitrogens is 1. The van der Waals surface area contributed by atoms with Gasteiger partial charge in [-0.05, 0) is 18.4 Å².